The molecule has 1 aliphatic heterocycles. The molecule has 0 aromatic heterocycles. The van der Waals surface area contributed by atoms with Crippen molar-refractivity contribution in [1.82, 2.24) is 15.5 Å². The van der Waals surface area contributed by atoms with E-state index in [0.717, 1.165) is 26.2 Å². The zero-order valence-corrected chi connectivity index (χ0v) is 10.8. The molecule has 3 heteroatoms. The Bertz CT molecular complexity index is 174. The first-order valence-electron chi connectivity index (χ1n) is 6.11. The third kappa shape index (κ3) is 5.50. The number of rotatable bonds is 4. The quantitative estimate of drug-likeness (QED) is 0.680. The minimum atomic E-state index is 0.400. The van der Waals surface area contributed by atoms with Gasteiger partial charge in [-0.25, -0.2) is 0 Å². The van der Waals surface area contributed by atoms with E-state index in [1.54, 1.807) is 0 Å². The molecule has 1 rings (SSSR count). The normalized spacial score (nSPS) is 24.4. The molecule has 0 radical (unpaired) electrons. The van der Waals surface area contributed by atoms with Gasteiger partial charge in [-0.3, -0.25) is 0 Å². The SMILES string of the molecule is CN1CCNCC1CCNCC(C)(C)C. The van der Waals surface area contributed by atoms with E-state index in [2.05, 4.69) is 43.4 Å². The molecular weight excluding hydrogens is 186 g/mol. The molecule has 1 aliphatic rings. The number of piperazine rings is 1. The lowest BCUT2D eigenvalue weighted by Crippen LogP contribution is -2.50. The van der Waals surface area contributed by atoms with E-state index in [0.29, 0.717) is 11.5 Å². The Morgan fingerprint density at radius 1 is 1.40 bits per heavy atom. The summed E-state index contributed by atoms with van der Waals surface area (Å²) in [7, 11) is 2.23. The summed E-state index contributed by atoms with van der Waals surface area (Å²) in [6.45, 7) is 12.5. The van der Waals surface area contributed by atoms with Crippen molar-refractivity contribution in [3.05, 3.63) is 0 Å². The Morgan fingerprint density at radius 2 is 2.13 bits per heavy atom. The minimum absolute atomic E-state index is 0.400. The predicted molar refractivity (Wildman–Crippen MR) is 66.2 cm³/mol. The lowest BCUT2D eigenvalue weighted by atomic mass is 9.97. The molecule has 0 bridgehead atoms. The Labute approximate surface area is 94.6 Å². The van der Waals surface area contributed by atoms with Crippen LogP contribution in [0.25, 0.3) is 0 Å². The van der Waals surface area contributed by atoms with Crippen LogP contribution in [-0.2, 0) is 0 Å². The molecule has 3 nitrogen and oxygen atoms in total. The van der Waals surface area contributed by atoms with Crippen LogP contribution in [0.15, 0.2) is 0 Å². The summed E-state index contributed by atoms with van der Waals surface area (Å²) >= 11 is 0. The van der Waals surface area contributed by atoms with Crippen LogP contribution in [0.4, 0.5) is 0 Å². The van der Waals surface area contributed by atoms with Crippen LogP contribution in [0.2, 0.25) is 0 Å². The van der Waals surface area contributed by atoms with E-state index in [1.165, 1.54) is 13.0 Å². The number of nitrogens with zero attached hydrogens (tertiary/aromatic N) is 1. The van der Waals surface area contributed by atoms with Crippen molar-refractivity contribution in [2.75, 3.05) is 39.8 Å². The van der Waals surface area contributed by atoms with Gasteiger partial charge in [0.05, 0.1) is 0 Å². The molecule has 1 atom stereocenters. The lowest BCUT2D eigenvalue weighted by Gasteiger charge is -2.33. The summed E-state index contributed by atoms with van der Waals surface area (Å²) in [5.74, 6) is 0. The van der Waals surface area contributed by atoms with Crippen molar-refractivity contribution >= 4 is 0 Å². The van der Waals surface area contributed by atoms with E-state index in [1.807, 2.05) is 0 Å². The summed E-state index contributed by atoms with van der Waals surface area (Å²) < 4.78 is 0. The van der Waals surface area contributed by atoms with E-state index in [4.69, 9.17) is 0 Å². The first kappa shape index (κ1) is 12.9. The van der Waals surface area contributed by atoms with Gasteiger partial charge in [0.15, 0.2) is 0 Å². The summed E-state index contributed by atoms with van der Waals surface area (Å²) in [6.07, 6.45) is 1.25. The Morgan fingerprint density at radius 3 is 2.73 bits per heavy atom. The third-order valence-corrected chi connectivity index (χ3v) is 2.95. The second kappa shape index (κ2) is 5.83. The van der Waals surface area contributed by atoms with Gasteiger partial charge in [-0.2, -0.15) is 0 Å². The second-order valence-electron chi connectivity index (χ2n) is 5.86. The van der Waals surface area contributed by atoms with Crippen molar-refractivity contribution in [3.63, 3.8) is 0 Å². The average Bonchev–Trinajstić information content (AvgIpc) is 2.13. The van der Waals surface area contributed by atoms with Crippen LogP contribution in [0.3, 0.4) is 0 Å². The minimum Gasteiger partial charge on any atom is -0.316 e. The third-order valence-electron chi connectivity index (χ3n) is 2.95. The standard InChI is InChI=1S/C12H27N3/c1-12(2,3)10-14-6-5-11-9-13-7-8-15(11)4/h11,13-14H,5-10H2,1-4H3. The van der Waals surface area contributed by atoms with Crippen LogP contribution in [0.1, 0.15) is 27.2 Å². The fourth-order valence-electron chi connectivity index (χ4n) is 1.92. The fourth-order valence-corrected chi connectivity index (χ4v) is 1.92. The van der Waals surface area contributed by atoms with Crippen LogP contribution in [-0.4, -0.2) is 50.7 Å². The fraction of sp³-hybridized carbons (Fsp3) is 1.00. The van der Waals surface area contributed by atoms with E-state index < -0.39 is 0 Å². The lowest BCUT2D eigenvalue weighted by molar-refractivity contribution is 0.188. The zero-order valence-electron chi connectivity index (χ0n) is 10.8. The topological polar surface area (TPSA) is 27.3 Å². The summed E-state index contributed by atoms with van der Waals surface area (Å²) in [5.41, 5.74) is 0.400. The molecule has 0 saturated carbocycles. The van der Waals surface area contributed by atoms with Gasteiger partial charge in [0.1, 0.15) is 0 Å². The molecule has 0 aromatic carbocycles. The van der Waals surface area contributed by atoms with E-state index in [9.17, 15) is 0 Å². The Hall–Kier alpha value is -0.120. The maximum absolute atomic E-state index is 3.54. The molecule has 0 aromatic rings. The molecule has 90 valence electrons. The van der Waals surface area contributed by atoms with Crippen molar-refractivity contribution in [2.24, 2.45) is 5.41 Å². The van der Waals surface area contributed by atoms with Gasteiger partial charge in [0, 0.05) is 25.7 Å². The van der Waals surface area contributed by atoms with Crippen LogP contribution in [0, 0.1) is 5.41 Å². The van der Waals surface area contributed by atoms with Gasteiger partial charge in [0.2, 0.25) is 0 Å². The number of likely N-dealkylation sites (N-methyl/N-ethyl adjacent to an activating group) is 1. The molecule has 1 unspecified atom stereocenters. The highest BCUT2D eigenvalue weighted by Crippen LogP contribution is 2.10. The number of hydrogen-bond acceptors (Lipinski definition) is 3. The maximum Gasteiger partial charge on any atom is 0.0230 e. The Kier molecular flexibility index (Phi) is 5.03. The van der Waals surface area contributed by atoms with Crippen LogP contribution < -0.4 is 10.6 Å². The van der Waals surface area contributed by atoms with Crippen molar-refractivity contribution in [3.8, 4) is 0 Å². The van der Waals surface area contributed by atoms with Crippen molar-refractivity contribution in [1.29, 1.82) is 0 Å². The molecule has 0 spiro atoms. The van der Waals surface area contributed by atoms with Crippen LogP contribution in [0.5, 0.6) is 0 Å². The smallest absolute Gasteiger partial charge is 0.0230 e. The second-order valence-corrected chi connectivity index (χ2v) is 5.86. The summed E-state index contributed by atoms with van der Waals surface area (Å²) in [5, 5.41) is 6.99. The zero-order chi connectivity index (χ0) is 11.3. The van der Waals surface area contributed by atoms with Crippen molar-refractivity contribution in [2.45, 2.75) is 33.2 Å². The predicted octanol–water partition coefficient (Wildman–Crippen LogP) is 0.916. The van der Waals surface area contributed by atoms with E-state index >= 15 is 0 Å². The molecule has 0 amide bonds. The first-order valence-corrected chi connectivity index (χ1v) is 6.11. The number of hydrogen-bond donors (Lipinski definition) is 2. The molecule has 1 saturated heterocycles. The van der Waals surface area contributed by atoms with Gasteiger partial charge >= 0.3 is 0 Å². The molecule has 0 aliphatic carbocycles. The number of nitrogens with one attached hydrogen (secondary N) is 2. The molecule has 2 N–H and O–H groups in total. The molecule has 15 heavy (non-hydrogen) atoms. The van der Waals surface area contributed by atoms with Gasteiger partial charge < -0.3 is 15.5 Å². The largest absolute Gasteiger partial charge is 0.316 e. The highest BCUT2D eigenvalue weighted by atomic mass is 15.2. The van der Waals surface area contributed by atoms with Gasteiger partial charge in [-0.05, 0) is 32.0 Å². The van der Waals surface area contributed by atoms with Gasteiger partial charge in [-0.15, -0.1) is 0 Å². The average molecular weight is 213 g/mol. The molecule has 1 fully saturated rings. The monoisotopic (exact) mass is 213 g/mol. The highest BCUT2D eigenvalue weighted by Gasteiger charge is 2.18. The first-order chi connectivity index (χ1) is 6.99. The molecular formula is C12H27N3. The van der Waals surface area contributed by atoms with E-state index in [-0.39, 0.29) is 0 Å². The van der Waals surface area contributed by atoms with Crippen molar-refractivity contribution < 1.29 is 0 Å². The van der Waals surface area contributed by atoms with Gasteiger partial charge in [-0.1, -0.05) is 20.8 Å². The maximum atomic E-state index is 3.54. The summed E-state index contributed by atoms with van der Waals surface area (Å²) in [4.78, 5) is 2.47. The summed E-state index contributed by atoms with van der Waals surface area (Å²) in [6, 6.07) is 0.714. The van der Waals surface area contributed by atoms with Crippen LogP contribution >= 0.6 is 0 Å². The Balaban J connectivity index is 2.08. The highest BCUT2D eigenvalue weighted by molar-refractivity contribution is 4.78. The molecule has 1 heterocycles. The van der Waals surface area contributed by atoms with Gasteiger partial charge in [0.25, 0.3) is 0 Å².